The number of fused-ring (bicyclic) bond motifs is 1. The summed E-state index contributed by atoms with van der Waals surface area (Å²) < 4.78 is 1.76. The topological polar surface area (TPSA) is 38.1 Å². The second kappa shape index (κ2) is 8.31. The third-order valence-corrected chi connectivity index (χ3v) is 6.66. The van der Waals surface area contributed by atoms with Crippen molar-refractivity contribution in [2.75, 3.05) is 13.1 Å². The van der Waals surface area contributed by atoms with Gasteiger partial charge in [0.1, 0.15) is 10.7 Å². The van der Waals surface area contributed by atoms with Crippen LogP contribution in [0.1, 0.15) is 35.7 Å². The highest BCUT2D eigenvalue weighted by Gasteiger charge is 2.18. The van der Waals surface area contributed by atoms with Crippen LogP contribution in [0.2, 0.25) is 10.0 Å². The molecule has 3 rings (SSSR count). The highest BCUT2D eigenvalue weighted by Crippen LogP contribution is 2.27. The minimum absolute atomic E-state index is 0.00461. The number of rotatable bonds is 6. The molecule has 2 heterocycles. The number of hydrogen-bond donors (Lipinski definition) is 0. The van der Waals surface area contributed by atoms with Gasteiger partial charge in [-0.1, -0.05) is 43.1 Å². The monoisotopic (exact) mass is 423 g/mol. The lowest BCUT2D eigenvalue weighted by Crippen LogP contribution is -2.31. The Balaban J connectivity index is 2.18. The van der Waals surface area contributed by atoms with E-state index in [1.54, 1.807) is 28.0 Å². The number of hydrogen-bond acceptors (Lipinski definition) is 4. The minimum Gasteiger partial charge on any atom is -0.297 e. The van der Waals surface area contributed by atoms with Crippen LogP contribution < -0.4 is 5.56 Å². The molecule has 0 aliphatic carbocycles. The normalized spacial score (nSPS) is 11.7. The Kier molecular flexibility index (Phi) is 6.26. The van der Waals surface area contributed by atoms with Gasteiger partial charge in [-0.2, -0.15) is 0 Å². The molecule has 0 unspecified atom stereocenters. The van der Waals surface area contributed by atoms with Gasteiger partial charge in [-0.15, -0.1) is 11.3 Å². The van der Waals surface area contributed by atoms with Crippen molar-refractivity contribution in [2.24, 2.45) is 0 Å². The van der Waals surface area contributed by atoms with E-state index in [1.165, 1.54) is 0 Å². The first kappa shape index (κ1) is 20.3. The Labute approximate surface area is 173 Å². The number of benzene rings is 1. The average Bonchev–Trinajstić information content (AvgIpc) is 2.91. The molecule has 0 amide bonds. The lowest BCUT2D eigenvalue weighted by Gasteiger charge is -2.20. The first-order chi connectivity index (χ1) is 12.8. The summed E-state index contributed by atoms with van der Waals surface area (Å²) in [6, 6.07) is 5.37. The fraction of sp³-hybridized carbons (Fsp3) is 0.400. The summed E-state index contributed by atoms with van der Waals surface area (Å²) >= 11 is 14.0. The molecule has 0 saturated heterocycles. The molecule has 0 aliphatic heterocycles. The van der Waals surface area contributed by atoms with Gasteiger partial charge in [0.25, 0.3) is 5.56 Å². The maximum absolute atomic E-state index is 13.4. The molecule has 7 heteroatoms. The van der Waals surface area contributed by atoms with Crippen LogP contribution in [0.3, 0.4) is 0 Å². The first-order valence-corrected chi connectivity index (χ1v) is 10.6. The van der Waals surface area contributed by atoms with Crippen LogP contribution in [-0.2, 0) is 13.1 Å². The Hall–Kier alpha value is -1.40. The summed E-state index contributed by atoms with van der Waals surface area (Å²) in [5, 5.41) is 1.85. The quantitative estimate of drug-likeness (QED) is 0.541. The summed E-state index contributed by atoms with van der Waals surface area (Å²) in [7, 11) is 0. The number of nitrogens with zero attached hydrogens (tertiary/aromatic N) is 3. The second-order valence-electron chi connectivity index (χ2n) is 6.58. The molecule has 4 nitrogen and oxygen atoms in total. The van der Waals surface area contributed by atoms with Crippen LogP contribution >= 0.6 is 34.5 Å². The van der Waals surface area contributed by atoms with E-state index in [2.05, 4.69) is 18.7 Å². The summed E-state index contributed by atoms with van der Waals surface area (Å²) in [5.41, 5.74) is 1.86. The molecule has 0 N–H and O–H groups in total. The average molecular weight is 424 g/mol. The molecule has 144 valence electrons. The van der Waals surface area contributed by atoms with Gasteiger partial charge in [0.05, 0.1) is 18.5 Å². The van der Waals surface area contributed by atoms with Gasteiger partial charge in [-0.25, -0.2) is 4.98 Å². The minimum atomic E-state index is -0.00461. The highest BCUT2D eigenvalue weighted by atomic mass is 35.5. The van der Waals surface area contributed by atoms with Crippen molar-refractivity contribution in [3.05, 3.63) is 60.4 Å². The molecule has 0 saturated carbocycles. The first-order valence-electron chi connectivity index (χ1n) is 9.01. The van der Waals surface area contributed by atoms with Gasteiger partial charge >= 0.3 is 0 Å². The van der Waals surface area contributed by atoms with Crippen molar-refractivity contribution >= 4 is 44.8 Å². The molecule has 27 heavy (non-hydrogen) atoms. The fourth-order valence-corrected chi connectivity index (χ4v) is 4.63. The van der Waals surface area contributed by atoms with E-state index in [-0.39, 0.29) is 5.56 Å². The van der Waals surface area contributed by atoms with E-state index in [1.807, 2.05) is 19.9 Å². The van der Waals surface area contributed by atoms with Gasteiger partial charge < -0.3 is 0 Å². The third kappa shape index (κ3) is 4.06. The smallest absolute Gasteiger partial charge is 0.262 e. The van der Waals surface area contributed by atoms with E-state index >= 15 is 0 Å². The molecule has 2 aromatic heterocycles. The van der Waals surface area contributed by atoms with Crippen molar-refractivity contribution in [1.82, 2.24) is 14.5 Å². The fourth-order valence-electron chi connectivity index (χ4n) is 3.12. The summed E-state index contributed by atoms with van der Waals surface area (Å²) in [4.78, 5) is 22.4. The van der Waals surface area contributed by atoms with Gasteiger partial charge in [-0.05, 0) is 50.2 Å². The number of aromatic nitrogens is 2. The van der Waals surface area contributed by atoms with E-state index in [9.17, 15) is 4.79 Å². The van der Waals surface area contributed by atoms with Crippen molar-refractivity contribution in [3.8, 4) is 0 Å². The van der Waals surface area contributed by atoms with Gasteiger partial charge in [0.2, 0.25) is 0 Å². The van der Waals surface area contributed by atoms with E-state index in [0.717, 1.165) is 39.7 Å². The Morgan fingerprint density at radius 2 is 1.89 bits per heavy atom. The number of aryl methyl sites for hydroxylation is 2. The van der Waals surface area contributed by atoms with Crippen LogP contribution in [0, 0.1) is 13.8 Å². The molecule has 3 aromatic rings. The zero-order chi connectivity index (χ0) is 19.7. The van der Waals surface area contributed by atoms with E-state index < -0.39 is 0 Å². The zero-order valence-corrected chi connectivity index (χ0v) is 18.3. The molecule has 0 bridgehead atoms. The number of halogens is 2. The molecule has 1 aromatic carbocycles. The van der Waals surface area contributed by atoms with Crippen LogP contribution in [0.4, 0.5) is 0 Å². The molecular weight excluding hydrogens is 401 g/mol. The van der Waals surface area contributed by atoms with E-state index in [4.69, 9.17) is 28.2 Å². The van der Waals surface area contributed by atoms with Crippen molar-refractivity contribution in [1.29, 1.82) is 0 Å². The lowest BCUT2D eigenvalue weighted by molar-refractivity contribution is 0.282. The van der Waals surface area contributed by atoms with Crippen LogP contribution in [0.5, 0.6) is 0 Å². The van der Waals surface area contributed by atoms with Gasteiger partial charge in [-0.3, -0.25) is 14.3 Å². The summed E-state index contributed by atoms with van der Waals surface area (Å²) in [6.45, 7) is 11.0. The van der Waals surface area contributed by atoms with Crippen molar-refractivity contribution < 1.29 is 0 Å². The van der Waals surface area contributed by atoms with Crippen LogP contribution in [0.15, 0.2) is 23.0 Å². The Bertz CT molecular complexity index is 1040. The van der Waals surface area contributed by atoms with Crippen LogP contribution in [0.25, 0.3) is 10.2 Å². The van der Waals surface area contributed by atoms with Crippen molar-refractivity contribution in [2.45, 2.75) is 40.8 Å². The zero-order valence-electron chi connectivity index (χ0n) is 16.0. The highest BCUT2D eigenvalue weighted by molar-refractivity contribution is 7.18. The SMILES string of the molecule is CCN(CC)Cc1nc2sc(C)c(C)c2c(=O)n1Cc1ccc(Cl)cc1Cl. The van der Waals surface area contributed by atoms with Crippen LogP contribution in [-0.4, -0.2) is 27.5 Å². The van der Waals surface area contributed by atoms with Gasteiger partial charge in [0, 0.05) is 14.9 Å². The predicted octanol–water partition coefficient (Wildman–Crippen LogP) is 5.27. The standard InChI is InChI=1S/C20H23Cl2N3OS/c1-5-24(6-2)11-17-23-19-18(12(3)13(4)27-19)20(26)25(17)10-14-7-8-15(21)9-16(14)22/h7-9H,5-6,10-11H2,1-4H3. The van der Waals surface area contributed by atoms with Crippen molar-refractivity contribution in [3.63, 3.8) is 0 Å². The maximum atomic E-state index is 13.4. The Morgan fingerprint density at radius 3 is 2.52 bits per heavy atom. The lowest BCUT2D eigenvalue weighted by atomic mass is 10.2. The van der Waals surface area contributed by atoms with E-state index in [0.29, 0.717) is 28.5 Å². The summed E-state index contributed by atoms with van der Waals surface area (Å²) in [6.07, 6.45) is 0. The second-order valence-corrected chi connectivity index (χ2v) is 8.63. The molecule has 0 spiro atoms. The third-order valence-electron chi connectivity index (χ3n) is 4.97. The molecule has 0 aliphatic rings. The number of thiophene rings is 1. The van der Waals surface area contributed by atoms with Gasteiger partial charge in [0.15, 0.2) is 0 Å². The molecule has 0 fully saturated rings. The molecular formula is C20H23Cl2N3OS. The maximum Gasteiger partial charge on any atom is 0.262 e. The Morgan fingerprint density at radius 1 is 1.19 bits per heavy atom. The summed E-state index contributed by atoms with van der Waals surface area (Å²) in [5.74, 6) is 0.767. The predicted molar refractivity (Wildman–Crippen MR) is 116 cm³/mol. The largest absolute Gasteiger partial charge is 0.297 e. The molecule has 0 atom stereocenters. The molecule has 0 radical (unpaired) electrons.